The number of ether oxygens (including phenoxy) is 1. The fraction of sp³-hybridized carbons (Fsp3) is 1.00. The van der Waals surface area contributed by atoms with Gasteiger partial charge in [-0.3, -0.25) is 4.90 Å². The zero-order valence-electron chi connectivity index (χ0n) is 11.5. The molecule has 0 spiro atoms. The number of nitrogens with zero attached hydrogens (tertiary/aromatic N) is 1. The van der Waals surface area contributed by atoms with Gasteiger partial charge in [0, 0.05) is 25.2 Å². The van der Waals surface area contributed by atoms with E-state index in [2.05, 4.69) is 4.90 Å². The van der Waals surface area contributed by atoms with Crippen molar-refractivity contribution in [2.24, 2.45) is 11.7 Å². The van der Waals surface area contributed by atoms with Gasteiger partial charge in [0.2, 0.25) is 0 Å². The molecule has 0 bridgehead atoms. The van der Waals surface area contributed by atoms with Gasteiger partial charge >= 0.3 is 0 Å². The number of nitrogens with two attached hydrogens (primary N) is 1. The Morgan fingerprint density at radius 3 is 2.83 bits per heavy atom. The molecule has 0 amide bonds. The lowest BCUT2D eigenvalue weighted by Crippen LogP contribution is -2.54. The number of morpholine rings is 1. The van der Waals surface area contributed by atoms with Crippen molar-refractivity contribution >= 4 is 0 Å². The predicted molar refractivity (Wildman–Crippen MR) is 73.5 cm³/mol. The van der Waals surface area contributed by atoms with E-state index >= 15 is 0 Å². The molecule has 1 heterocycles. The van der Waals surface area contributed by atoms with E-state index in [4.69, 9.17) is 10.5 Å². The molecule has 1 aliphatic heterocycles. The smallest absolute Gasteiger partial charge is 0.0730 e. The summed E-state index contributed by atoms with van der Waals surface area (Å²) in [5.41, 5.74) is 6.12. The first-order valence-electron chi connectivity index (χ1n) is 7.94. The fourth-order valence-corrected chi connectivity index (χ4v) is 4.23. The minimum Gasteiger partial charge on any atom is -0.375 e. The summed E-state index contributed by atoms with van der Waals surface area (Å²) in [7, 11) is 0. The van der Waals surface area contributed by atoms with Gasteiger partial charge in [-0.1, -0.05) is 19.3 Å². The lowest BCUT2D eigenvalue weighted by Gasteiger charge is -2.45. The van der Waals surface area contributed by atoms with Gasteiger partial charge in [0.05, 0.1) is 12.7 Å². The first-order chi connectivity index (χ1) is 8.83. The molecular weight excluding hydrogens is 224 g/mol. The van der Waals surface area contributed by atoms with E-state index in [0.717, 1.165) is 19.1 Å². The highest BCUT2D eigenvalue weighted by Gasteiger charge is 2.35. The summed E-state index contributed by atoms with van der Waals surface area (Å²) < 4.78 is 5.96. The summed E-state index contributed by atoms with van der Waals surface area (Å²) in [6.45, 7) is 3.37. The predicted octanol–water partition coefficient (Wildman–Crippen LogP) is 2.15. The molecule has 3 heteroatoms. The molecule has 2 N–H and O–H groups in total. The second-order valence-electron chi connectivity index (χ2n) is 6.55. The van der Waals surface area contributed by atoms with Crippen LogP contribution in [-0.4, -0.2) is 42.8 Å². The fourth-order valence-electron chi connectivity index (χ4n) is 4.23. The Hall–Kier alpha value is -0.120. The Morgan fingerprint density at radius 2 is 1.94 bits per heavy atom. The van der Waals surface area contributed by atoms with E-state index in [1.807, 2.05) is 0 Å². The van der Waals surface area contributed by atoms with Crippen molar-refractivity contribution in [1.29, 1.82) is 0 Å². The molecule has 3 fully saturated rings. The Kier molecular flexibility index (Phi) is 4.22. The van der Waals surface area contributed by atoms with Gasteiger partial charge in [-0.25, -0.2) is 0 Å². The van der Waals surface area contributed by atoms with Gasteiger partial charge in [-0.2, -0.15) is 0 Å². The second-order valence-corrected chi connectivity index (χ2v) is 6.55. The SMILES string of the molecule is NC1CCCC(CN2CCOC3CCCCC32)C1. The van der Waals surface area contributed by atoms with Gasteiger partial charge in [-0.05, 0) is 38.0 Å². The highest BCUT2D eigenvalue weighted by molar-refractivity contribution is 4.89. The lowest BCUT2D eigenvalue weighted by molar-refractivity contribution is -0.0932. The van der Waals surface area contributed by atoms with Crippen LogP contribution in [-0.2, 0) is 4.74 Å². The third-order valence-corrected chi connectivity index (χ3v) is 5.16. The maximum atomic E-state index is 6.12. The third-order valence-electron chi connectivity index (χ3n) is 5.16. The van der Waals surface area contributed by atoms with Crippen LogP contribution in [0.25, 0.3) is 0 Å². The second kappa shape index (κ2) is 5.89. The van der Waals surface area contributed by atoms with Gasteiger partial charge in [0.25, 0.3) is 0 Å². The lowest BCUT2D eigenvalue weighted by atomic mass is 9.84. The molecule has 3 rings (SSSR count). The van der Waals surface area contributed by atoms with Crippen LogP contribution in [0.5, 0.6) is 0 Å². The molecule has 104 valence electrons. The summed E-state index contributed by atoms with van der Waals surface area (Å²) in [4.78, 5) is 2.73. The minimum absolute atomic E-state index is 0.465. The summed E-state index contributed by atoms with van der Waals surface area (Å²) in [5.74, 6) is 0.842. The summed E-state index contributed by atoms with van der Waals surface area (Å²) >= 11 is 0. The largest absolute Gasteiger partial charge is 0.375 e. The van der Waals surface area contributed by atoms with E-state index < -0.39 is 0 Å². The average molecular weight is 252 g/mol. The van der Waals surface area contributed by atoms with Crippen LogP contribution in [0, 0.1) is 5.92 Å². The van der Waals surface area contributed by atoms with Gasteiger partial charge in [0.1, 0.15) is 0 Å². The van der Waals surface area contributed by atoms with Crippen molar-refractivity contribution in [2.75, 3.05) is 19.7 Å². The molecule has 2 aliphatic carbocycles. The van der Waals surface area contributed by atoms with Crippen LogP contribution in [0.3, 0.4) is 0 Å². The maximum absolute atomic E-state index is 6.12. The quantitative estimate of drug-likeness (QED) is 0.818. The van der Waals surface area contributed by atoms with Crippen LogP contribution in [0.2, 0.25) is 0 Å². The van der Waals surface area contributed by atoms with Crippen LogP contribution in [0.1, 0.15) is 51.4 Å². The molecule has 4 unspecified atom stereocenters. The van der Waals surface area contributed by atoms with Crippen molar-refractivity contribution in [2.45, 2.75) is 69.6 Å². The highest BCUT2D eigenvalue weighted by Crippen LogP contribution is 2.31. The molecule has 3 aliphatic rings. The van der Waals surface area contributed by atoms with Gasteiger partial charge in [0.15, 0.2) is 0 Å². The number of rotatable bonds is 2. The molecular formula is C15H28N2O. The first kappa shape index (κ1) is 12.9. The highest BCUT2D eigenvalue weighted by atomic mass is 16.5. The van der Waals surface area contributed by atoms with E-state index in [9.17, 15) is 0 Å². The van der Waals surface area contributed by atoms with Crippen LogP contribution < -0.4 is 5.73 Å². The van der Waals surface area contributed by atoms with E-state index in [0.29, 0.717) is 18.2 Å². The third kappa shape index (κ3) is 2.89. The van der Waals surface area contributed by atoms with Crippen LogP contribution in [0.15, 0.2) is 0 Å². The molecule has 2 saturated carbocycles. The zero-order chi connectivity index (χ0) is 12.4. The molecule has 0 radical (unpaired) electrons. The Morgan fingerprint density at radius 1 is 1.06 bits per heavy atom. The molecule has 0 aromatic heterocycles. The van der Waals surface area contributed by atoms with Gasteiger partial charge in [-0.15, -0.1) is 0 Å². The van der Waals surface area contributed by atoms with Crippen molar-refractivity contribution in [1.82, 2.24) is 4.90 Å². The summed E-state index contributed by atoms with van der Waals surface area (Å²) in [6, 6.07) is 1.18. The number of hydrogen-bond acceptors (Lipinski definition) is 3. The zero-order valence-corrected chi connectivity index (χ0v) is 11.5. The monoisotopic (exact) mass is 252 g/mol. The summed E-state index contributed by atoms with van der Waals surface area (Å²) in [5, 5.41) is 0. The van der Waals surface area contributed by atoms with E-state index in [1.54, 1.807) is 0 Å². The van der Waals surface area contributed by atoms with E-state index in [1.165, 1.54) is 57.9 Å². The topological polar surface area (TPSA) is 38.5 Å². The number of fused-ring (bicyclic) bond motifs is 1. The molecule has 18 heavy (non-hydrogen) atoms. The molecule has 4 atom stereocenters. The average Bonchev–Trinajstić information content (AvgIpc) is 2.39. The Bertz CT molecular complexity index is 269. The molecule has 1 saturated heterocycles. The van der Waals surface area contributed by atoms with Crippen molar-refractivity contribution in [3.8, 4) is 0 Å². The first-order valence-corrected chi connectivity index (χ1v) is 7.94. The standard InChI is InChI=1S/C15H28N2O/c16-13-5-3-4-12(10-13)11-17-8-9-18-15-7-2-1-6-14(15)17/h12-15H,1-11,16H2. The van der Waals surface area contributed by atoms with Gasteiger partial charge < -0.3 is 10.5 Å². The summed E-state index contributed by atoms with van der Waals surface area (Å²) in [6.07, 6.45) is 11.1. The van der Waals surface area contributed by atoms with Crippen molar-refractivity contribution < 1.29 is 4.74 Å². The van der Waals surface area contributed by atoms with Crippen LogP contribution >= 0.6 is 0 Å². The van der Waals surface area contributed by atoms with Crippen molar-refractivity contribution in [3.63, 3.8) is 0 Å². The van der Waals surface area contributed by atoms with E-state index in [-0.39, 0.29) is 0 Å². The molecule has 0 aromatic rings. The van der Waals surface area contributed by atoms with Crippen LogP contribution in [0.4, 0.5) is 0 Å². The molecule has 0 aromatic carbocycles. The maximum Gasteiger partial charge on any atom is 0.0730 e. The van der Waals surface area contributed by atoms with Crippen molar-refractivity contribution in [3.05, 3.63) is 0 Å². The normalized spacial score (nSPS) is 42.5. The minimum atomic E-state index is 0.465. The molecule has 3 nitrogen and oxygen atoms in total. The Balaban J connectivity index is 1.57. The Labute approximate surface area is 111 Å². The number of hydrogen-bond donors (Lipinski definition) is 1.